The van der Waals surface area contributed by atoms with E-state index >= 15 is 0 Å². The van der Waals surface area contributed by atoms with Gasteiger partial charge in [0.25, 0.3) is 0 Å². The third kappa shape index (κ3) is 3.80. The molecule has 0 aliphatic heterocycles. The van der Waals surface area contributed by atoms with E-state index in [0.29, 0.717) is 16.5 Å². The van der Waals surface area contributed by atoms with Crippen molar-refractivity contribution in [2.45, 2.75) is 11.4 Å². The highest BCUT2D eigenvalue weighted by Gasteiger charge is 2.33. The molecule has 1 aromatic heterocycles. The highest BCUT2D eigenvalue weighted by molar-refractivity contribution is 7.81. The summed E-state index contributed by atoms with van der Waals surface area (Å²) >= 11 is 17.0. The Hall–Kier alpha value is -1.69. The van der Waals surface area contributed by atoms with Gasteiger partial charge >= 0.3 is 0 Å². The van der Waals surface area contributed by atoms with E-state index in [-0.39, 0.29) is 0 Å². The maximum atomic E-state index is 6.30. The molecule has 1 heterocycles. The summed E-state index contributed by atoms with van der Waals surface area (Å²) < 4.78 is 0. The molecule has 4 nitrogen and oxygen atoms in total. The van der Waals surface area contributed by atoms with Crippen LogP contribution < -0.4 is 4.84 Å². The number of hydrogen-bond acceptors (Lipinski definition) is 4. The Kier molecular flexibility index (Phi) is 4.80. The second-order valence-corrected chi connectivity index (χ2v) is 6.52. The van der Waals surface area contributed by atoms with Gasteiger partial charge in [-0.25, -0.2) is 4.98 Å². The van der Waals surface area contributed by atoms with Gasteiger partial charge in [0, 0.05) is 22.0 Å². The highest BCUT2D eigenvalue weighted by Crippen LogP contribution is 2.34. The fourth-order valence-corrected chi connectivity index (χ4v) is 3.09. The second-order valence-electron chi connectivity index (χ2n) is 4.95. The van der Waals surface area contributed by atoms with E-state index in [1.165, 1.54) is 17.5 Å². The average molecular weight is 366 g/mol. The Morgan fingerprint density at radius 1 is 1.13 bits per heavy atom. The first-order valence-corrected chi connectivity index (χ1v) is 8.03. The van der Waals surface area contributed by atoms with Crippen LogP contribution >= 0.6 is 35.8 Å². The molecule has 0 bridgehead atoms. The molecule has 0 saturated heterocycles. The van der Waals surface area contributed by atoms with Gasteiger partial charge in [0.15, 0.2) is 6.33 Å². The second kappa shape index (κ2) is 6.83. The van der Waals surface area contributed by atoms with Crippen molar-refractivity contribution in [2.24, 2.45) is 0 Å². The molecule has 1 unspecified atom stereocenters. The SMILES string of the molecule is SC(Cc1ccc(Cl)cc1Cl)(On1cncn1)c1ccccc1. The minimum absolute atomic E-state index is 0.427. The van der Waals surface area contributed by atoms with Crippen LogP contribution in [0.25, 0.3) is 0 Å². The number of thiol groups is 1. The van der Waals surface area contributed by atoms with E-state index in [2.05, 4.69) is 10.1 Å². The molecule has 0 fully saturated rings. The van der Waals surface area contributed by atoms with Gasteiger partial charge in [0.05, 0.1) is 0 Å². The van der Waals surface area contributed by atoms with Crippen molar-refractivity contribution < 1.29 is 4.84 Å². The molecule has 0 radical (unpaired) electrons. The van der Waals surface area contributed by atoms with Crippen LogP contribution in [-0.4, -0.2) is 14.9 Å². The lowest BCUT2D eigenvalue weighted by Crippen LogP contribution is -2.35. The molecule has 0 N–H and O–H groups in total. The Morgan fingerprint density at radius 2 is 1.91 bits per heavy atom. The van der Waals surface area contributed by atoms with Crippen LogP contribution in [-0.2, 0) is 11.4 Å². The molecule has 118 valence electrons. The highest BCUT2D eigenvalue weighted by atomic mass is 35.5. The molecule has 0 aliphatic rings. The fourth-order valence-electron chi connectivity index (χ4n) is 2.21. The largest absolute Gasteiger partial charge is 0.373 e. The van der Waals surface area contributed by atoms with Crippen LogP contribution in [0.2, 0.25) is 10.0 Å². The zero-order chi connectivity index (χ0) is 16.3. The molecule has 0 amide bonds. The lowest BCUT2D eigenvalue weighted by atomic mass is 10.0. The zero-order valence-electron chi connectivity index (χ0n) is 11.9. The Balaban J connectivity index is 1.98. The number of halogens is 2. The summed E-state index contributed by atoms with van der Waals surface area (Å²) in [7, 11) is 0. The molecule has 7 heteroatoms. The summed E-state index contributed by atoms with van der Waals surface area (Å²) in [5.41, 5.74) is 1.75. The normalized spacial score (nSPS) is 13.5. The van der Waals surface area contributed by atoms with Gasteiger partial charge in [0.2, 0.25) is 4.93 Å². The quantitative estimate of drug-likeness (QED) is 0.547. The zero-order valence-corrected chi connectivity index (χ0v) is 14.3. The molecule has 0 aliphatic carbocycles. The van der Waals surface area contributed by atoms with Gasteiger partial charge < -0.3 is 4.84 Å². The van der Waals surface area contributed by atoms with Crippen molar-refractivity contribution in [3.63, 3.8) is 0 Å². The first-order valence-electron chi connectivity index (χ1n) is 6.83. The summed E-state index contributed by atoms with van der Waals surface area (Å²) in [6.07, 6.45) is 3.29. The van der Waals surface area contributed by atoms with Crippen LogP contribution in [0, 0.1) is 0 Å². The number of rotatable bonds is 5. The Labute approximate surface area is 149 Å². The molecule has 0 saturated carbocycles. The van der Waals surface area contributed by atoms with Crippen molar-refractivity contribution in [1.82, 2.24) is 14.9 Å². The first-order chi connectivity index (χ1) is 11.1. The maximum Gasteiger partial charge on any atom is 0.209 e. The van der Waals surface area contributed by atoms with E-state index in [1.54, 1.807) is 12.1 Å². The van der Waals surface area contributed by atoms with Gasteiger partial charge in [-0.2, -0.15) is 0 Å². The molecule has 2 aromatic carbocycles. The Morgan fingerprint density at radius 3 is 2.57 bits per heavy atom. The minimum atomic E-state index is -0.966. The molecule has 1 atom stereocenters. The lowest BCUT2D eigenvalue weighted by Gasteiger charge is -2.29. The standard InChI is InChI=1S/C16H13Cl2N3OS/c17-14-7-6-12(15(18)8-14)9-16(23,13-4-2-1-3-5-13)22-21-11-19-10-20-21/h1-8,10-11,23H,9H2. The maximum absolute atomic E-state index is 6.30. The van der Waals surface area contributed by atoms with Gasteiger partial charge in [0.1, 0.15) is 6.33 Å². The van der Waals surface area contributed by atoms with E-state index < -0.39 is 4.93 Å². The fraction of sp³-hybridized carbons (Fsp3) is 0.125. The van der Waals surface area contributed by atoms with Gasteiger partial charge in [-0.05, 0) is 17.7 Å². The van der Waals surface area contributed by atoms with Crippen molar-refractivity contribution in [3.05, 3.63) is 82.4 Å². The number of hydrogen-bond donors (Lipinski definition) is 1. The predicted molar refractivity (Wildman–Crippen MR) is 93.9 cm³/mol. The minimum Gasteiger partial charge on any atom is -0.373 e. The van der Waals surface area contributed by atoms with Crippen molar-refractivity contribution >= 4 is 35.8 Å². The lowest BCUT2D eigenvalue weighted by molar-refractivity contribution is -0.0107. The van der Waals surface area contributed by atoms with Crippen LogP contribution in [0.5, 0.6) is 0 Å². The molecule has 3 rings (SSSR count). The summed E-state index contributed by atoms with van der Waals surface area (Å²) in [6.45, 7) is 0. The van der Waals surface area contributed by atoms with Crippen molar-refractivity contribution in [1.29, 1.82) is 0 Å². The van der Waals surface area contributed by atoms with Crippen LogP contribution in [0.15, 0.2) is 61.2 Å². The van der Waals surface area contributed by atoms with Gasteiger partial charge in [-0.3, -0.25) is 0 Å². The van der Waals surface area contributed by atoms with E-state index in [9.17, 15) is 0 Å². The third-order valence-electron chi connectivity index (χ3n) is 3.31. The van der Waals surface area contributed by atoms with Crippen LogP contribution in [0.1, 0.15) is 11.1 Å². The van der Waals surface area contributed by atoms with Crippen molar-refractivity contribution in [3.8, 4) is 0 Å². The predicted octanol–water partition coefficient (Wildman–Crippen LogP) is 4.04. The molecule has 0 spiro atoms. The van der Waals surface area contributed by atoms with Gasteiger partial charge in [-0.1, -0.05) is 64.4 Å². The van der Waals surface area contributed by atoms with Crippen molar-refractivity contribution in [2.75, 3.05) is 0 Å². The Bertz CT molecular complexity index is 783. The summed E-state index contributed by atoms with van der Waals surface area (Å²) in [6, 6.07) is 15.0. The van der Waals surface area contributed by atoms with E-state index in [1.807, 2.05) is 36.4 Å². The first kappa shape index (κ1) is 16.2. The topological polar surface area (TPSA) is 39.9 Å². The van der Waals surface area contributed by atoms with E-state index in [4.69, 9.17) is 40.7 Å². The average Bonchev–Trinajstić information content (AvgIpc) is 3.04. The van der Waals surface area contributed by atoms with Crippen LogP contribution in [0.3, 0.4) is 0 Å². The van der Waals surface area contributed by atoms with Gasteiger partial charge in [-0.15, -0.1) is 17.7 Å². The summed E-state index contributed by atoms with van der Waals surface area (Å²) in [5, 5.41) is 5.13. The molecule has 3 aromatic rings. The third-order valence-corrected chi connectivity index (χ3v) is 4.40. The van der Waals surface area contributed by atoms with Crippen LogP contribution in [0.4, 0.5) is 0 Å². The summed E-state index contributed by atoms with van der Waals surface area (Å²) in [4.78, 5) is 10.1. The molecule has 23 heavy (non-hydrogen) atoms. The molecular weight excluding hydrogens is 353 g/mol. The molecular formula is C16H13Cl2N3OS. The monoisotopic (exact) mass is 365 g/mol. The summed E-state index contributed by atoms with van der Waals surface area (Å²) in [5.74, 6) is 0. The number of benzene rings is 2. The van der Waals surface area contributed by atoms with E-state index in [0.717, 1.165) is 11.1 Å². The smallest absolute Gasteiger partial charge is 0.209 e. The number of nitrogens with zero attached hydrogens (tertiary/aromatic N) is 3. The number of aromatic nitrogens is 3.